The molecule has 0 fully saturated rings. The number of benzene rings is 2. The first-order valence-corrected chi connectivity index (χ1v) is 14.3. The Morgan fingerprint density at radius 1 is 1.07 bits per heavy atom. The number of nitrogens with zero attached hydrogens (tertiary/aromatic N) is 6. The molecule has 1 aliphatic heterocycles. The number of nitrogens with one attached hydrogen (secondary N) is 1. The zero-order valence-electron chi connectivity index (χ0n) is 22.1. The van der Waals surface area contributed by atoms with Crippen molar-refractivity contribution in [2.45, 2.75) is 25.3 Å². The molecule has 0 atom stereocenters. The molecule has 0 spiro atoms. The van der Waals surface area contributed by atoms with Crippen molar-refractivity contribution in [2.24, 2.45) is 5.92 Å². The van der Waals surface area contributed by atoms with Crippen molar-refractivity contribution in [1.29, 1.82) is 0 Å². The molecule has 0 radical (unpaired) electrons. The predicted octanol–water partition coefficient (Wildman–Crippen LogP) is 3.41. The molecule has 5 rings (SSSR count). The molecule has 4 bridgehead atoms. The van der Waals surface area contributed by atoms with E-state index in [4.69, 9.17) is 4.98 Å². The average Bonchev–Trinajstić information content (AvgIpc) is 3.36. The second kappa shape index (κ2) is 11.0. The summed E-state index contributed by atoms with van der Waals surface area (Å²) in [6.45, 7) is 4.46. The van der Waals surface area contributed by atoms with Crippen LogP contribution in [0.5, 0.6) is 0 Å². The molecule has 40 heavy (non-hydrogen) atoms. The minimum atomic E-state index is -4.16. The Balaban J connectivity index is 1.60. The Kier molecular flexibility index (Phi) is 7.50. The van der Waals surface area contributed by atoms with Gasteiger partial charge in [0.05, 0.1) is 16.0 Å². The molecule has 12 nitrogen and oxygen atoms in total. The first-order valence-electron chi connectivity index (χ1n) is 12.8. The molecule has 0 unspecified atom stereocenters. The average molecular weight is 564 g/mol. The highest BCUT2D eigenvalue weighted by Gasteiger charge is 2.28. The molecule has 1 N–H and O–H groups in total. The standard InChI is InChI=1S/C27H29N7O5S/c1-19(2)27(35)31-12-10-28-25-9-11-33-26(30-25)24(17-29-33)21-6-3-5-20(15-21)18-32(14-13-31)40(38,39)23-8-4-7-22(16-23)34(36)37/h3-9,11,15-17,19H,10,12-14,18H2,1-2H3,(H,28,30). The highest BCUT2D eigenvalue weighted by molar-refractivity contribution is 7.89. The molecule has 2 aromatic heterocycles. The number of aromatic nitrogens is 3. The van der Waals surface area contributed by atoms with Gasteiger partial charge in [-0.3, -0.25) is 14.9 Å². The van der Waals surface area contributed by atoms with Crippen molar-refractivity contribution in [3.63, 3.8) is 0 Å². The van der Waals surface area contributed by atoms with Gasteiger partial charge < -0.3 is 10.2 Å². The molecule has 1 aliphatic rings. The Morgan fingerprint density at radius 3 is 2.65 bits per heavy atom. The number of nitro benzene ring substituents is 1. The number of non-ortho nitro benzene ring substituents is 1. The second-order valence-electron chi connectivity index (χ2n) is 9.84. The summed E-state index contributed by atoms with van der Waals surface area (Å²) >= 11 is 0. The Bertz CT molecular complexity index is 1690. The molecule has 1 amide bonds. The summed E-state index contributed by atoms with van der Waals surface area (Å²) in [5, 5.41) is 19.0. The number of sulfonamides is 1. The van der Waals surface area contributed by atoms with Crippen molar-refractivity contribution < 1.29 is 18.1 Å². The van der Waals surface area contributed by atoms with Crippen LogP contribution in [0.15, 0.2) is 71.9 Å². The van der Waals surface area contributed by atoms with Gasteiger partial charge >= 0.3 is 0 Å². The minimum absolute atomic E-state index is 0.00127. The molecule has 2 aromatic carbocycles. The van der Waals surface area contributed by atoms with Crippen LogP contribution >= 0.6 is 0 Å². The summed E-state index contributed by atoms with van der Waals surface area (Å²) in [4.78, 5) is 30.0. The zero-order valence-corrected chi connectivity index (χ0v) is 22.9. The van der Waals surface area contributed by atoms with E-state index in [0.717, 1.165) is 17.2 Å². The van der Waals surface area contributed by atoms with E-state index >= 15 is 0 Å². The number of anilines is 1. The van der Waals surface area contributed by atoms with E-state index < -0.39 is 14.9 Å². The second-order valence-corrected chi connectivity index (χ2v) is 11.8. The number of amides is 1. The summed E-state index contributed by atoms with van der Waals surface area (Å²) in [6.07, 6.45) is 3.52. The van der Waals surface area contributed by atoms with Gasteiger partial charge in [-0.05, 0) is 29.3 Å². The predicted molar refractivity (Wildman–Crippen MR) is 149 cm³/mol. The lowest BCUT2D eigenvalue weighted by Crippen LogP contribution is -2.44. The molecule has 0 aliphatic carbocycles. The van der Waals surface area contributed by atoms with E-state index in [1.165, 1.54) is 22.5 Å². The van der Waals surface area contributed by atoms with Gasteiger partial charge in [-0.2, -0.15) is 9.40 Å². The third-order valence-electron chi connectivity index (χ3n) is 6.74. The topological polar surface area (TPSA) is 143 Å². The highest BCUT2D eigenvalue weighted by Crippen LogP contribution is 2.27. The van der Waals surface area contributed by atoms with Gasteiger partial charge in [-0.15, -0.1) is 0 Å². The van der Waals surface area contributed by atoms with Crippen LogP contribution in [0.2, 0.25) is 0 Å². The van der Waals surface area contributed by atoms with Crippen LogP contribution in [-0.4, -0.2) is 69.2 Å². The molecule has 0 saturated carbocycles. The smallest absolute Gasteiger partial charge is 0.270 e. The highest BCUT2D eigenvalue weighted by atomic mass is 32.2. The van der Waals surface area contributed by atoms with Crippen LogP contribution in [0.3, 0.4) is 0 Å². The summed E-state index contributed by atoms with van der Waals surface area (Å²) in [7, 11) is -4.16. The first kappa shape index (κ1) is 27.2. The molecule has 4 aromatic rings. The monoisotopic (exact) mass is 563 g/mol. The van der Waals surface area contributed by atoms with E-state index in [1.807, 2.05) is 24.3 Å². The van der Waals surface area contributed by atoms with E-state index in [-0.39, 0.29) is 42.0 Å². The third kappa shape index (κ3) is 5.51. The van der Waals surface area contributed by atoms with E-state index in [0.29, 0.717) is 30.1 Å². The summed E-state index contributed by atoms with van der Waals surface area (Å²) in [5.41, 5.74) is 2.62. The van der Waals surface area contributed by atoms with E-state index in [9.17, 15) is 23.3 Å². The van der Waals surface area contributed by atoms with Gasteiger partial charge in [0, 0.05) is 62.5 Å². The van der Waals surface area contributed by atoms with Gasteiger partial charge in [0.25, 0.3) is 5.69 Å². The zero-order chi connectivity index (χ0) is 28.4. The summed E-state index contributed by atoms with van der Waals surface area (Å²) in [5.74, 6) is 0.235. The van der Waals surface area contributed by atoms with Gasteiger partial charge in [-0.25, -0.2) is 17.9 Å². The number of nitro groups is 1. The van der Waals surface area contributed by atoms with Crippen molar-refractivity contribution in [3.05, 3.63) is 82.7 Å². The molecule has 208 valence electrons. The Labute approximate surface area is 231 Å². The molecule has 13 heteroatoms. The van der Waals surface area contributed by atoms with Crippen molar-refractivity contribution in [2.75, 3.05) is 31.5 Å². The number of carbonyl (C=O) groups excluding carboxylic acids is 1. The van der Waals surface area contributed by atoms with E-state index in [1.54, 1.807) is 41.7 Å². The number of hydrogen-bond acceptors (Lipinski definition) is 8. The van der Waals surface area contributed by atoms with Crippen LogP contribution in [-0.2, 0) is 21.4 Å². The third-order valence-corrected chi connectivity index (χ3v) is 8.59. The fraction of sp³-hybridized carbons (Fsp3) is 0.296. The lowest BCUT2D eigenvalue weighted by atomic mass is 10.1. The molecular formula is C27H29N7O5S. The van der Waals surface area contributed by atoms with Gasteiger partial charge in [0.1, 0.15) is 5.82 Å². The van der Waals surface area contributed by atoms with Crippen molar-refractivity contribution in [1.82, 2.24) is 23.8 Å². The van der Waals surface area contributed by atoms with Crippen LogP contribution in [0.25, 0.3) is 16.8 Å². The lowest BCUT2D eigenvalue weighted by molar-refractivity contribution is -0.385. The van der Waals surface area contributed by atoms with Crippen LogP contribution in [0.1, 0.15) is 19.4 Å². The fourth-order valence-corrected chi connectivity index (χ4v) is 6.11. The number of fused-ring (bicyclic) bond motifs is 4. The van der Waals surface area contributed by atoms with Crippen LogP contribution in [0.4, 0.5) is 11.5 Å². The molecule has 0 saturated heterocycles. The Morgan fingerprint density at radius 2 is 1.88 bits per heavy atom. The number of carbonyl (C=O) groups is 1. The van der Waals surface area contributed by atoms with Gasteiger partial charge in [-0.1, -0.05) is 38.1 Å². The molecule has 3 heterocycles. The normalized spacial score (nSPS) is 15.0. The van der Waals surface area contributed by atoms with Crippen molar-refractivity contribution >= 4 is 33.1 Å². The Hall–Kier alpha value is -4.36. The maximum atomic E-state index is 13.9. The van der Waals surface area contributed by atoms with Gasteiger partial charge in [0.2, 0.25) is 15.9 Å². The number of hydrogen-bond donors (Lipinski definition) is 1. The number of rotatable bonds is 4. The first-order chi connectivity index (χ1) is 19.1. The van der Waals surface area contributed by atoms with Crippen LogP contribution < -0.4 is 5.32 Å². The van der Waals surface area contributed by atoms with Gasteiger partial charge in [0.15, 0.2) is 5.65 Å². The molecular weight excluding hydrogens is 534 g/mol. The fourth-order valence-electron chi connectivity index (χ4n) is 4.65. The van der Waals surface area contributed by atoms with Crippen molar-refractivity contribution in [3.8, 4) is 11.1 Å². The summed E-state index contributed by atoms with van der Waals surface area (Å²) in [6, 6.07) is 14.3. The lowest BCUT2D eigenvalue weighted by Gasteiger charge is -2.29. The quantitative estimate of drug-likeness (QED) is 0.294. The minimum Gasteiger partial charge on any atom is -0.368 e. The maximum absolute atomic E-state index is 13.9. The maximum Gasteiger partial charge on any atom is 0.270 e. The largest absolute Gasteiger partial charge is 0.368 e. The SMILES string of the molecule is CC(C)C(=O)N1CCNc2ccn3ncc(c3n2)-c2cccc(c2)CN(S(=O)(=O)c2cccc([N+](=O)[O-])c2)CC1. The van der Waals surface area contributed by atoms with Crippen LogP contribution in [0, 0.1) is 16.0 Å². The van der Waals surface area contributed by atoms with E-state index in [2.05, 4.69) is 10.4 Å². The summed E-state index contributed by atoms with van der Waals surface area (Å²) < 4.78 is 30.7.